The third-order valence-electron chi connectivity index (χ3n) is 6.19. The fourth-order valence-electron chi connectivity index (χ4n) is 4.68. The molecule has 0 radical (unpaired) electrons. The van der Waals surface area contributed by atoms with Crippen LogP contribution in [-0.2, 0) is 0 Å². The molecule has 124 valence electrons. The van der Waals surface area contributed by atoms with Crippen LogP contribution in [0.2, 0.25) is 0 Å². The highest BCUT2D eigenvalue weighted by molar-refractivity contribution is 4.89. The summed E-state index contributed by atoms with van der Waals surface area (Å²) in [6, 6.07) is 2.34. The maximum absolute atomic E-state index is 3.80. The van der Waals surface area contributed by atoms with Gasteiger partial charge in [0.1, 0.15) is 0 Å². The van der Waals surface area contributed by atoms with Crippen LogP contribution in [0.25, 0.3) is 0 Å². The maximum atomic E-state index is 3.80. The van der Waals surface area contributed by atoms with Crippen molar-refractivity contribution in [2.75, 3.05) is 13.6 Å². The second-order valence-corrected chi connectivity index (χ2v) is 7.47. The Morgan fingerprint density at radius 1 is 0.857 bits per heavy atom. The van der Waals surface area contributed by atoms with E-state index in [1.54, 1.807) is 0 Å². The van der Waals surface area contributed by atoms with Crippen LogP contribution >= 0.6 is 0 Å². The van der Waals surface area contributed by atoms with Crippen molar-refractivity contribution in [3.8, 4) is 0 Å². The molecule has 0 aromatic heterocycles. The average molecular weight is 295 g/mol. The molecule has 21 heavy (non-hydrogen) atoms. The molecule has 0 aromatic carbocycles. The van der Waals surface area contributed by atoms with Crippen molar-refractivity contribution in [1.29, 1.82) is 0 Å². The lowest BCUT2D eigenvalue weighted by Gasteiger charge is -2.43. The van der Waals surface area contributed by atoms with Gasteiger partial charge in [-0.1, -0.05) is 46.0 Å². The first kappa shape index (κ1) is 17.3. The molecule has 0 aromatic rings. The minimum atomic E-state index is 0.726. The molecule has 0 spiro atoms. The zero-order valence-corrected chi connectivity index (χ0v) is 14.7. The number of nitrogens with zero attached hydrogens (tertiary/aromatic N) is 1. The summed E-state index contributed by atoms with van der Waals surface area (Å²) >= 11 is 0. The molecule has 2 saturated carbocycles. The molecule has 2 fully saturated rings. The summed E-state index contributed by atoms with van der Waals surface area (Å²) in [5, 5.41) is 3.80. The molecule has 2 rings (SSSR count). The van der Waals surface area contributed by atoms with E-state index in [9.17, 15) is 0 Å². The molecule has 2 heteroatoms. The first-order chi connectivity index (χ1) is 10.3. The molecular formula is C19H38N2. The second kappa shape index (κ2) is 9.15. The minimum absolute atomic E-state index is 0.726. The topological polar surface area (TPSA) is 15.3 Å². The van der Waals surface area contributed by atoms with E-state index in [0.29, 0.717) is 0 Å². The van der Waals surface area contributed by atoms with Crippen LogP contribution in [0.5, 0.6) is 0 Å². The van der Waals surface area contributed by atoms with Gasteiger partial charge in [-0.25, -0.2) is 0 Å². The van der Waals surface area contributed by atoms with Crippen molar-refractivity contribution < 1.29 is 0 Å². The highest BCUT2D eigenvalue weighted by Crippen LogP contribution is 2.32. The van der Waals surface area contributed by atoms with Crippen molar-refractivity contribution in [2.24, 2.45) is 5.92 Å². The van der Waals surface area contributed by atoms with Crippen LogP contribution in [0, 0.1) is 5.92 Å². The quantitative estimate of drug-likeness (QED) is 0.798. The first-order valence-corrected chi connectivity index (χ1v) is 9.71. The summed E-state index contributed by atoms with van der Waals surface area (Å²) in [4.78, 5) is 2.78. The molecule has 2 aliphatic rings. The SMILES string of the molecule is CCNC1CCCCCCC1N(C)C1CCC(CC)CC1. The Morgan fingerprint density at radius 3 is 2.14 bits per heavy atom. The molecule has 0 amide bonds. The van der Waals surface area contributed by atoms with Crippen LogP contribution in [0.1, 0.15) is 84.5 Å². The number of rotatable bonds is 5. The molecular weight excluding hydrogens is 256 g/mol. The Morgan fingerprint density at radius 2 is 1.52 bits per heavy atom. The van der Waals surface area contributed by atoms with Crippen LogP contribution < -0.4 is 5.32 Å². The predicted molar refractivity (Wildman–Crippen MR) is 92.8 cm³/mol. The summed E-state index contributed by atoms with van der Waals surface area (Å²) < 4.78 is 0. The van der Waals surface area contributed by atoms with Gasteiger partial charge in [0.15, 0.2) is 0 Å². The largest absolute Gasteiger partial charge is 0.313 e. The van der Waals surface area contributed by atoms with E-state index in [0.717, 1.165) is 30.6 Å². The normalized spacial score (nSPS) is 35.4. The highest BCUT2D eigenvalue weighted by Gasteiger charge is 2.31. The fourth-order valence-corrected chi connectivity index (χ4v) is 4.68. The smallest absolute Gasteiger partial charge is 0.0249 e. The van der Waals surface area contributed by atoms with Gasteiger partial charge < -0.3 is 5.32 Å². The van der Waals surface area contributed by atoms with E-state index in [4.69, 9.17) is 0 Å². The van der Waals surface area contributed by atoms with E-state index in [1.807, 2.05) is 0 Å². The van der Waals surface area contributed by atoms with Crippen molar-refractivity contribution in [2.45, 2.75) is 103 Å². The Labute approximate surface area is 133 Å². The third kappa shape index (κ3) is 4.96. The Balaban J connectivity index is 1.94. The minimum Gasteiger partial charge on any atom is -0.313 e. The summed E-state index contributed by atoms with van der Waals surface area (Å²) in [7, 11) is 2.42. The van der Waals surface area contributed by atoms with Gasteiger partial charge in [-0.3, -0.25) is 4.90 Å². The van der Waals surface area contributed by atoms with Crippen molar-refractivity contribution in [1.82, 2.24) is 10.2 Å². The predicted octanol–water partition coefficient (Wildman–Crippen LogP) is 4.59. The summed E-state index contributed by atoms with van der Waals surface area (Å²) in [5.41, 5.74) is 0. The zero-order valence-electron chi connectivity index (χ0n) is 14.7. The van der Waals surface area contributed by atoms with Gasteiger partial charge in [-0.05, 0) is 58.0 Å². The molecule has 0 saturated heterocycles. The monoisotopic (exact) mass is 294 g/mol. The third-order valence-corrected chi connectivity index (χ3v) is 6.19. The second-order valence-electron chi connectivity index (χ2n) is 7.47. The van der Waals surface area contributed by atoms with E-state index in [1.165, 1.54) is 70.6 Å². The average Bonchev–Trinajstić information content (AvgIpc) is 2.50. The van der Waals surface area contributed by atoms with Crippen LogP contribution in [0.15, 0.2) is 0 Å². The lowest BCUT2D eigenvalue weighted by atomic mass is 9.82. The zero-order chi connectivity index (χ0) is 15.1. The van der Waals surface area contributed by atoms with Crippen LogP contribution in [0.4, 0.5) is 0 Å². The lowest BCUT2D eigenvalue weighted by molar-refractivity contribution is 0.0835. The van der Waals surface area contributed by atoms with Crippen molar-refractivity contribution in [3.63, 3.8) is 0 Å². The van der Waals surface area contributed by atoms with Gasteiger partial charge in [0.05, 0.1) is 0 Å². The number of hydrogen-bond acceptors (Lipinski definition) is 2. The van der Waals surface area contributed by atoms with Crippen LogP contribution in [-0.4, -0.2) is 36.6 Å². The lowest BCUT2D eigenvalue weighted by Crippen LogP contribution is -2.53. The van der Waals surface area contributed by atoms with Gasteiger partial charge in [0.25, 0.3) is 0 Å². The maximum Gasteiger partial charge on any atom is 0.0249 e. The molecule has 0 heterocycles. The Kier molecular flexibility index (Phi) is 7.53. The summed E-state index contributed by atoms with van der Waals surface area (Å²) in [6.07, 6.45) is 15.7. The first-order valence-electron chi connectivity index (χ1n) is 9.71. The van der Waals surface area contributed by atoms with E-state index in [2.05, 4.69) is 31.1 Å². The van der Waals surface area contributed by atoms with Gasteiger partial charge >= 0.3 is 0 Å². The standard InChI is InChI=1S/C19H38N2/c1-4-16-12-14-17(15-13-16)21(3)19-11-9-7-6-8-10-18(19)20-5-2/h16-20H,4-15H2,1-3H3. The molecule has 2 nitrogen and oxygen atoms in total. The Bertz CT molecular complexity index is 271. The molecule has 1 N–H and O–H groups in total. The van der Waals surface area contributed by atoms with Crippen molar-refractivity contribution >= 4 is 0 Å². The highest BCUT2D eigenvalue weighted by atomic mass is 15.2. The van der Waals surface area contributed by atoms with Gasteiger partial charge in [-0.15, -0.1) is 0 Å². The van der Waals surface area contributed by atoms with Crippen LogP contribution in [0.3, 0.4) is 0 Å². The number of likely N-dealkylation sites (N-methyl/N-ethyl adjacent to an activating group) is 2. The number of hydrogen-bond donors (Lipinski definition) is 1. The summed E-state index contributed by atoms with van der Waals surface area (Å²) in [5.74, 6) is 1.01. The molecule has 2 atom stereocenters. The van der Waals surface area contributed by atoms with Gasteiger partial charge in [0.2, 0.25) is 0 Å². The molecule has 2 unspecified atom stereocenters. The molecule has 2 aliphatic carbocycles. The molecule has 0 aliphatic heterocycles. The van der Waals surface area contributed by atoms with E-state index in [-0.39, 0.29) is 0 Å². The van der Waals surface area contributed by atoms with E-state index >= 15 is 0 Å². The Hall–Kier alpha value is -0.0800. The van der Waals surface area contributed by atoms with Gasteiger partial charge in [-0.2, -0.15) is 0 Å². The fraction of sp³-hybridized carbons (Fsp3) is 1.00. The van der Waals surface area contributed by atoms with Crippen molar-refractivity contribution in [3.05, 3.63) is 0 Å². The molecule has 0 bridgehead atoms. The number of nitrogens with one attached hydrogen (secondary N) is 1. The summed E-state index contributed by atoms with van der Waals surface area (Å²) in [6.45, 7) is 5.75. The van der Waals surface area contributed by atoms with E-state index < -0.39 is 0 Å². The van der Waals surface area contributed by atoms with Gasteiger partial charge in [0, 0.05) is 18.1 Å².